The predicted octanol–water partition coefficient (Wildman–Crippen LogP) is 8.15. The van der Waals surface area contributed by atoms with E-state index in [9.17, 15) is 4.79 Å². The first kappa shape index (κ1) is 54.1. The van der Waals surface area contributed by atoms with Crippen LogP contribution in [0.2, 0.25) is 0 Å². The van der Waals surface area contributed by atoms with Gasteiger partial charge in [0, 0.05) is 13.0 Å². The number of hydrogen-bond acceptors (Lipinski definition) is 12. The monoisotopic (exact) mass is 795 g/mol. The van der Waals surface area contributed by atoms with Gasteiger partial charge in [-0.1, -0.05) is 117 Å². The second-order valence-electron chi connectivity index (χ2n) is 13.8. The number of rotatable bonds is 50. The quantitative estimate of drug-likeness (QED) is 0.0437. The highest BCUT2D eigenvalue weighted by molar-refractivity contribution is 5.69. The highest BCUT2D eigenvalue weighted by atomic mass is 16.6. The van der Waals surface area contributed by atoms with Gasteiger partial charge in [-0.2, -0.15) is 0 Å². The summed E-state index contributed by atoms with van der Waals surface area (Å²) in [4.78, 5) is 11.9. The van der Waals surface area contributed by atoms with Gasteiger partial charge in [0.1, 0.15) is 6.61 Å². The van der Waals surface area contributed by atoms with Gasteiger partial charge in [-0.3, -0.25) is 4.79 Å². The van der Waals surface area contributed by atoms with Crippen LogP contribution in [-0.4, -0.2) is 145 Å². The maximum Gasteiger partial charge on any atom is 0.305 e. The van der Waals surface area contributed by atoms with Crippen molar-refractivity contribution in [2.45, 2.75) is 136 Å². The molecule has 0 spiro atoms. The van der Waals surface area contributed by atoms with Gasteiger partial charge < -0.3 is 52.1 Å². The molecule has 0 bridgehead atoms. The van der Waals surface area contributed by atoms with Gasteiger partial charge in [-0.15, -0.1) is 0 Å². The Hall–Kier alpha value is -0.930. The molecule has 55 heavy (non-hydrogen) atoms. The summed E-state index contributed by atoms with van der Waals surface area (Å²) < 4.78 is 60.3. The van der Waals surface area contributed by atoms with Gasteiger partial charge in [-0.05, 0) is 12.8 Å². The van der Waals surface area contributed by atoms with Crippen LogP contribution in [0.3, 0.4) is 0 Å². The minimum absolute atomic E-state index is 0.129. The summed E-state index contributed by atoms with van der Waals surface area (Å²) in [5.74, 6) is -0.129. The zero-order valence-corrected chi connectivity index (χ0v) is 35.7. The number of ether oxygens (including phenoxy) is 11. The second-order valence-corrected chi connectivity index (χ2v) is 13.8. The van der Waals surface area contributed by atoms with E-state index in [-0.39, 0.29) is 5.97 Å². The standard InChI is InChI=1S/C43H86O12/c1-3-5-7-9-10-11-12-13-14-15-16-17-19-21-43(44)55-42-41-54-40-39-53-38-37-52-36-35-51-34-33-50-32-31-49-30-29-48-28-27-47-26-25-46-24-23-45-22-20-18-8-6-4-2/h3-42H2,1-2H3. The van der Waals surface area contributed by atoms with E-state index in [0.717, 1.165) is 25.9 Å². The second kappa shape index (κ2) is 51.1. The molecule has 0 fully saturated rings. The van der Waals surface area contributed by atoms with Gasteiger partial charge in [0.2, 0.25) is 0 Å². The Labute approximate surface area is 336 Å². The molecular formula is C43H86O12. The fraction of sp³-hybridized carbons (Fsp3) is 0.977. The highest BCUT2D eigenvalue weighted by Gasteiger charge is 2.03. The van der Waals surface area contributed by atoms with Crippen molar-refractivity contribution in [1.29, 1.82) is 0 Å². The Morgan fingerprint density at radius 2 is 0.473 bits per heavy atom. The van der Waals surface area contributed by atoms with Gasteiger partial charge in [0.15, 0.2) is 0 Å². The van der Waals surface area contributed by atoms with Crippen LogP contribution in [0.1, 0.15) is 136 Å². The third-order valence-corrected chi connectivity index (χ3v) is 8.72. The van der Waals surface area contributed by atoms with Gasteiger partial charge in [0.05, 0.1) is 126 Å². The molecule has 0 rings (SSSR count). The number of hydrogen-bond donors (Lipinski definition) is 0. The van der Waals surface area contributed by atoms with Crippen LogP contribution >= 0.6 is 0 Å². The van der Waals surface area contributed by atoms with Crippen LogP contribution < -0.4 is 0 Å². The van der Waals surface area contributed by atoms with E-state index < -0.39 is 0 Å². The molecular weight excluding hydrogens is 708 g/mol. The molecule has 0 aliphatic carbocycles. The molecule has 0 aromatic rings. The number of esters is 1. The summed E-state index contributed by atoms with van der Waals surface area (Å²) in [7, 11) is 0. The maximum absolute atomic E-state index is 11.9. The van der Waals surface area contributed by atoms with Crippen molar-refractivity contribution >= 4 is 5.97 Å². The predicted molar refractivity (Wildman–Crippen MR) is 218 cm³/mol. The molecule has 12 nitrogen and oxygen atoms in total. The summed E-state index contributed by atoms with van der Waals surface area (Å²) in [6.07, 6.45) is 23.6. The van der Waals surface area contributed by atoms with Crippen molar-refractivity contribution in [1.82, 2.24) is 0 Å². The summed E-state index contributed by atoms with van der Waals surface area (Å²) in [5.41, 5.74) is 0. The largest absolute Gasteiger partial charge is 0.463 e. The highest BCUT2D eigenvalue weighted by Crippen LogP contribution is 2.13. The van der Waals surface area contributed by atoms with Crippen LogP contribution in [-0.2, 0) is 56.9 Å². The lowest BCUT2D eigenvalue weighted by Crippen LogP contribution is -2.15. The smallest absolute Gasteiger partial charge is 0.305 e. The first-order valence-corrected chi connectivity index (χ1v) is 22.2. The summed E-state index contributed by atoms with van der Waals surface area (Å²) in [6, 6.07) is 0. The topological polar surface area (TPSA) is 119 Å². The molecule has 330 valence electrons. The molecule has 0 heterocycles. The minimum Gasteiger partial charge on any atom is -0.463 e. The van der Waals surface area contributed by atoms with Crippen molar-refractivity contribution < 1.29 is 56.9 Å². The maximum atomic E-state index is 11.9. The SMILES string of the molecule is CCCCCCCCCCCCCCCC(=O)OCCOCCOCCOCCOCCOCCOCCOCCOCCOCCOCCCCCCC. The molecule has 0 N–H and O–H groups in total. The van der Waals surface area contributed by atoms with Gasteiger partial charge in [0.25, 0.3) is 0 Å². The first-order valence-electron chi connectivity index (χ1n) is 22.2. The fourth-order valence-electron chi connectivity index (χ4n) is 5.46. The van der Waals surface area contributed by atoms with E-state index in [1.165, 1.54) is 96.3 Å². The molecule has 0 saturated heterocycles. The first-order chi connectivity index (χ1) is 27.3. The Morgan fingerprint density at radius 3 is 0.764 bits per heavy atom. The van der Waals surface area contributed by atoms with Crippen LogP contribution in [0.5, 0.6) is 0 Å². The average Bonchev–Trinajstić information content (AvgIpc) is 3.19. The molecule has 0 aromatic heterocycles. The van der Waals surface area contributed by atoms with Crippen LogP contribution in [0.15, 0.2) is 0 Å². The Morgan fingerprint density at radius 1 is 0.255 bits per heavy atom. The third kappa shape index (κ3) is 51.1. The zero-order valence-electron chi connectivity index (χ0n) is 35.7. The van der Waals surface area contributed by atoms with E-state index in [2.05, 4.69) is 13.8 Å². The molecule has 0 saturated carbocycles. The Kier molecular flexibility index (Phi) is 50.2. The lowest BCUT2D eigenvalue weighted by Gasteiger charge is -2.09. The number of unbranched alkanes of at least 4 members (excludes halogenated alkanes) is 16. The summed E-state index contributed by atoms with van der Waals surface area (Å²) in [6.45, 7) is 15.5. The van der Waals surface area contributed by atoms with Crippen molar-refractivity contribution in [2.24, 2.45) is 0 Å². The Bertz CT molecular complexity index is 703. The molecule has 12 heteroatoms. The number of carbonyl (C=O) groups is 1. The zero-order chi connectivity index (χ0) is 39.6. The Balaban J connectivity index is 3.12. The van der Waals surface area contributed by atoms with Crippen LogP contribution in [0, 0.1) is 0 Å². The molecule has 0 aliphatic rings. The molecule has 0 aliphatic heterocycles. The van der Waals surface area contributed by atoms with Crippen molar-refractivity contribution in [3.63, 3.8) is 0 Å². The molecule has 0 atom stereocenters. The molecule has 0 unspecified atom stereocenters. The van der Waals surface area contributed by atoms with Crippen molar-refractivity contribution in [3.8, 4) is 0 Å². The molecule has 0 amide bonds. The summed E-state index contributed by atoms with van der Waals surface area (Å²) in [5, 5.41) is 0. The van der Waals surface area contributed by atoms with E-state index in [0.29, 0.717) is 139 Å². The van der Waals surface area contributed by atoms with E-state index >= 15 is 0 Å². The van der Waals surface area contributed by atoms with E-state index in [1.807, 2.05) is 0 Å². The number of carbonyl (C=O) groups excluding carboxylic acids is 1. The lowest BCUT2D eigenvalue weighted by atomic mass is 10.0. The van der Waals surface area contributed by atoms with Gasteiger partial charge >= 0.3 is 5.97 Å². The van der Waals surface area contributed by atoms with Crippen LogP contribution in [0.25, 0.3) is 0 Å². The van der Waals surface area contributed by atoms with Crippen LogP contribution in [0.4, 0.5) is 0 Å². The fourth-order valence-corrected chi connectivity index (χ4v) is 5.46. The lowest BCUT2D eigenvalue weighted by molar-refractivity contribution is -0.145. The van der Waals surface area contributed by atoms with E-state index in [1.54, 1.807) is 0 Å². The average molecular weight is 795 g/mol. The normalized spacial score (nSPS) is 11.5. The molecule has 0 radical (unpaired) electrons. The van der Waals surface area contributed by atoms with Crippen molar-refractivity contribution in [2.75, 3.05) is 139 Å². The van der Waals surface area contributed by atoms with Gasteiger partial charge in [-0.25, -0.2) is 0 Å². The summed E-state index contributed by atoms with van der Waals surface area (Å²) >= 11 is 0. The van der Waals surface area contributed by atoms with Crippen molar-refractivity contribution in [3.05, 3.63) is 0 Å². The minimum atomic E-state index is -0.129. The third-order valence-electron chi connectivity index (χ3n) is 8.72. The van der Waals surface area contributed by atoms with E-state index in [4.69, 9.17) is 52.1 Å². The molecule has 0 aromatic carbocycles.